The van der Waals surface area contributed by atoms with Crippen LogP contribution in [0.5, 0.6) is 5.75 Å². The van der Waals surface area contributed by atoms with Gasteiger partial charge < -0.3 is 14.2 Å². The molecule has 0 saturated carbocycles. The number of rotatable bonds is 3. The van der Waals surface area contributed by atoms with Gasteiger partial charge in [-0.1, -0.05) is 17.3 Å². The summed E-state index contributed by atoms with van der Waals surface area (Å²) >= 11 is 0. The highest BCUT2D eigenvalue weighted by Gasteiger charge is 2.27. The van der Waals surface area contributed by atoms with Crippen molar-refractivity contribution in [3.63, 3.8) is 0 Å². The number of nitrogens with zero attached hydrogens (tertiary/aromatic N) is 2. The average molecular weight is 314 g/mol. The van der Waals surface area contributed by atoms with Crippen LogP contribution in [0.15, 0.2) is 28.8 Å². The third-order valence-electron chi connectivity index (χ3n) is 4.21. The third kappa shape index (κ3) is 3.55. The van der Waals surface area contributed by atoms with E-state index in [1.54, 1.807) is 6.07 Å². The van der Waals surface area contributed by atoms with Gasteiger partial charge in [-0.3, -0.25) is 4.79 Å². The lowest BCUT2D eigenvalue weighted by molar-refractivity contribution is 0.0557. The monoisotopic (exact) mass is 314 g/mol. The predicted octanol–water partition coefficient (Wildman–Crippen LogP) is 3.28. The van der Waals surface area contributed by atoms with Crippen molar-refractivity contribution in [1.29, 1.82) is 0 Å². The second kappa shape index (κ2) is 6.44. The standard InChI is InChI=1S/C18H22N2O3/c1-12-4-5-13(2)16(10-12)22-15-6-8-20(9-7-15)18(21)17-11-14(3)19-23-17/h4-5,10-11,15H,6-9H2,1-3H3. The Hall–Kier alpha value is -2.30. The molecular formula is C18H22N2O3. The minimum Gasteiger partial charge on any atom is -0.490 e. The normalized spacial score (nSPS) is 15.7. The largest absolute Gasteiger partial charge is 0.490 e. The second-order valence-corrected chi connectivity index (χ2v) is 6.21. The molecule has 0 N–H and O–H groups in total. The van der Waals surface area contributed by atoms with E-state index in [0.717, 1.165) is 29.8 Å². The summed E-state index contributed by atoms with van der Waals surface area (Å²) in [6.45, 7) is 7.28. The number of aryl methyl sites for hydroxylation is 3. The summed E-state index contributed by atoms with van der Waals surface area (Å²) < 4.78 is 11.2. The summed E-state index contributed by atoms with van der Waals surface area (Å²) in [6, 6.07) is 7.92. The van der Waals surface area contributed by atoms with E-state index < -0.39 is 0 Å². The molecule has 1 aromatic heterocycles. The molecule has 2 heterocycles. The van der Waals surface area contributed by atoms with Crippen LogP contribution in [0.3, 0.4) is 0 Å². The summed E-state index contributed by atoms with van der Waals surface area (Å²) in [4.78, 5) is 14.1. The lowest BCUT2D eigenvalue weighted by Crippen LogP contribution is -2.41. The molecule has 1 aliphatic heterocycles. The van der Waals surface area contributed by atoms with Crippen LogP contribution in [0.4, 0.5) is 0 Å². The maximum Gasteiger partial charge on any atom is 0.292 e. The minimum atomic E-state index is -0.0872. The molecule has 0 unspecified atom stereocenters. The van der Waals surface area contributed by atoms with E-state index in [0.29, 0.717) is 18.8 Å². The van der Waals surface area contributed by atoms with E-state index in [1.807, 2.05) is 11.8 Å². The number of piperidine rings is 1. The van der Waals surface area contributed by atoms with Crippen molar-refractivity contribution in [3.8, 4) is 5.75 Å². The van der Waals surface area contributed by atoms with Gasteiger partial charge in [-0.15, -0.1) is 0 Å². The molecule has 0 radical (unpaired) electrons. The topological polar surface area (TPSA) is 55.6 Å². The fourth-order valence-electron chi connectivity index (χ4n) is 2.81. The van der Waals surface area contributed by atoms with Crippen LogP contribution in [0.25, 0.3) is 0 Å². The van der Waals surface area contributed by atoms with Crippen molar-refractivity contribution >= 4 is 5.91 Å². The first-order valence-electron chi connectivity index (χ1n) is 7.99. The molecule has 0 bridgehead atoms. The van der Waals surface area contributed by atoms with Gasteiger partial charge in [0.1, 0.15) is 11.9 Å². The number of carbonyl (C=O) groups excluding carboxylic acids is 1. The Balaban J connectivity index is 1.58. The first-order valence-corrected chi connectivity index (χ1v) is 7.99. The molecule has 0 spiro atoms. The first-order chi connectivity index (χ1) is 11.0. The number of aromatic nitrogens is 1. The fourth-order valence-corrected chi connectivity index (χ4v) is 2.81. The van der Waals surface area contributed by atoms with Crippen molar-refractivity contribution in [2.24, 2.45) is 0 Å². The number of carbonyl (C=O) groups is 1. The van der Waals surface area contributed by atoms with Gasteiger partial charge in [0.15, 0.2) is 0 Å². The van der Waals surface area contributed by atoms with E-state index in [-0.39, 0.29) is 12.0 Å². The Morgan fingerprint density at radius 3 is 2.61 bits per heavy atom. The van der Waals surface area contributed by atoms with Crippen molar-refractivity contribution in [1.82, 2.24) is 10.1 Å². The van der Waals surface area contributed by atoms with Gasteiger partial charge in [-0.2, -0.15) is 0 Å². The molecule has 1 aromatic carbocycles. The quantitative estimate of drug-likeness (QED) is 0.872. The number of hydrogen-bond acceptors (Lipinski definition) is 4. The van der Waals surface area contributed by atoms with Gasteiger partial charge in [0, 0.05) is 32.0 Å². The fraction of sp³-hybridized carbons (Fsp3) is 0.444. The first kappa shape index (κ1) is 15.6. The average Bonchev–Trinajstić information content (AvgIpc) is 2.97. The Kier molecular flexibility index (Phi) is 4.37. The van der Waals surface area contributed by atoms with Crippen molar-refractivity contribution in [2.75, 3.05) is 13.1 Å². The number of amides is 1. The molecule has 2 aromatic rings. The highest BCUT2D eigenvalue weighted by molar-refractivity contribution is 5.91. The lowest BCUT2D eigenvalue weighted by Gasteiger charge is -2.32. The van der Waals surface area contributed by atoms with Gasteiger partial charge in [0.25, 0.3) is 5.91 Å². The molecule has 1 amide bonds. The van der Waals surface area contributed by atoms with Crippen LogP contribution in [-0.4, -0.2) is 35.2 Å². The minimum absolute atomic E-state index is 0.0872. The molecule has 3 rings (SSSR count). The zero-order valence-corrected chi connectivity index (χ0v) is 13.8. The van der Waals surface area contributed by atoms with Gasteiger partial charge in [-0.25, -0.2) is 0 Å². The summed E-state index contributed by atoms with van der Waals surface area (Å²) in [6.07, 6.45) is 1.80. The number of ether oxygens (including phenoxy) is 1. The van der Waals surface area contributed by atoms with E-state index >= 15 is 0 Å². The molecule has 0 atom stereocenters. The van der Waals surface area contributed by atoms with Crippen molar-refractivity contribution < 1.29 is 14.1 Å². The number of benzene rings is 1. The van der Waals surface area contributed by atoms with E-state index in [2.05, 4.69) is 37.2 Å². The van der Waals surface area contributed by atoms with E-state index in [4.69, 9.17) is 9.26 Å². The smallest absolute Gasteiger partial charge is 0.292 e. The van der Waals surface area contributed by atoms with Crippen molar-refractivity contribution in [2.45, 2.75) is 39.7 Å². The van der Waals surface area contributed by atoms with Crippen LogP contribution < -0.4 is 4.74 Å². The summed E-state index contributed by atoms with van der Waals surface area (Å²) in [5, 5.41) is 3.77. The van der Waals surface area contributed by atoms with Crippen LogP contribution >= 0.6 is 0 Å². The summed E-state index contributed by atoms with van der Waals surface area (Å²) in [5.74, 6) is 1.17. The zero-order chi connectivity index (χ0) is 16.4. The molecule has 5 nitrogen and oxygen atoms in total. The molecule has 1 fully saturated rings. The SMILES string of the molecule is Cc1ccc(C)c(OC2CCN(C(=O)c3cc(C)no3)CC2)c1. The Bertz CT molecular complexity index is 700. The van der Waals surface area contributed by atoms with E-state index in [1.165, 1.54) is 5.56 Å². The summed E-state index contributed by atoms with van der Waals surface area (Å²) in [7, 11) is 0. The molecule has 1 aliphatic rings. The van der Waals surface area contributed by atoms with Crippen molar-refractivity contribution in [3.05, 3.63) is 46.8 Å². The predicted molar refractivity (Wildman–Crippen MR) is 86.7 cm³/mol. The molecule has 122 valence electrons. The van der Waals surface area contributed by atoms with Gasteiger partial charge in [0.05, 0.1) is 5.69 Å². The molecule has 5 heteroatoms. The zero-order valence-electron chi connectivity index (χ0n) is 13.8. The number of likely N-dealkylation sites (tertiary alicyclic amines) is 1. The Morgan fingerprint density at radius 2 is 1.96 bits per heavy atom. The van der Waals surface area contributed by atoms with Crippen LogP contribution in [-0.2, 0) is 0 Å². The van der Waals surface area contributed by atoms with Crippen LogP contribution in [0.1, 0.15) is 40.2 Å². The van der Waals surface area contributed by atoms with Gasteiger partial charge in [-0.05, 0) is 38.0 Å². The Labute approximate surface area is 136 Å². The van der Waals surface area contributed by atoms with Gasteiger partial charge >= 0.3 is 0 Å². The second-order valence-electron chi connectivity index (χ2n) is 6.21. The lowest BCUT2D eigenvalue weighted by atomic mass is 10.1. The molecule has 0 aliphatic carbocycles. The van der Waals surface area contributed by atoms with E-state index in [9.17, 15) is 4.79 Å². The molecular weight excluding hydrogens is 292 g/mol. The Morgan fingerprint density at radius 1 is 1.22 bits per heavy atom. The number of hydrogen-bond donors (Lipinski definition) is 0. The summed E-state index contributed by atoms with van der Waals surface area (Å²) in [5.41, 5.74) is 3.06. The highest BCUT2D eigenvalue weighted by Crippen LogP contribution is 2.24. The van der Waals surface area contributed by atoms with Crippen LogP contribution in [0.2, 0.25) is 0 Å². The highest BCUT2D eigenvalue weighted by atomic mass is 16.5. The molecule has 1 saturated heterocycles. The maximum absolute atomic E-state index is 12.3. The third-order valence-corrected chi connectivity index (χ3v) is 4.21. The van der Waals surface area contributed by atoms with Gasteiger partial charge in [0.2, 0.25) is 5.76 Å². The molecule has 23 heavy (non-hydrogen) atoms. The van der Waals surface area contributed by atoms with Crippen LogP contribution in [0, 0.1) is 20.8 Å². The maximum atomic E-state index is 12.3.